The molecular weight excluding hydrogens is 510 g/mol. The van der Waals surface area contributed by atoms with Gasteiger partial charge >= 0.3 is 0 Å². The van der Waals surface area contributed by atoms with Crippen LogP contribution in [0, 0.1) is 22.0 Å². The Bertz CT molecular complexity index is 1570. The van der Waals surface area contributed by atoms with E-state index in [9.17, 15) is 44.9 Å². The second-order valence-electron chi connectivity index (χ2n) is 10.3. The van der Waals surface area contributed by atoms with E-state index in [4.69, 9.17) is 5.73 Å². The number of phenols is 1. The quantitative estimate of drug-likeness (QED) is 0.219. The predicted octanol–water partition coefficient (Wildman–Crippen LogP) is 2.07. The first-order chi connectivity index (χ1) is 18.3. The monoisotopic (exact) mass is 535 g/mol. The molecule has 6 N–H and O–H groups in total. The molecule has 1 fully saturated rings. The van der Waals surface area contributed by atoms with Crippen molar-refractivity contribution in [2.24, 2.45) is 17.6 Å². The molecule has 0 aliphatic heterocycles. The number of amides is 1. The number of ketones is 2. The maximum Gasteiger partial charge on any atom is 0.270 e. The normalized spacial score (nSPS) is 24.2. The van der Waals surface area contributed by atoms with Crippen molar-refractivity contribution in [1.29, 1.82) is 0 Å². The molecule has 0 unspecified atom stereocenters. The molecule has 3 aliphatic carbocycles. The number of carbonyl (C=O) groups excluding carboxylic acids is 3. The molecule has 1 amide bonds. The number of aliphatic hydroxyl groups excluding tert-OH is 2. The van der Waals surface area contributed by atoms with E-state index in [-0.39, 0.29) is 35.2 Å². The van der Waals surface area contributed by atoms with Gasteiger partial charge in [0.05, 0.1) is 10.5 Å². The molecule has 1 saturated carbocycles. The Morgan fingerprint density at radius 1 is 1.15 bits per heavy atom. The van der Waals surface area contributed by atoms with Crippen LogP contribution in [0.3, 0.4) is 0 Å². The molecule has 39 heavy (non-hydrogen) atoms. The van der Waals surface area contributed by atoms with Crippen molar-refractivity contribution in [3.8, 4) is 16.9 Å². The lowest BCUT2D eigenvalue weighted by Crippen LogP contribution is -2.58. The average molecular weight is 536 g/mol. The van der Waals surface area contributed by atoms with Crippen LogP contribution in [0.2, 0.25) is 0 Å². The minimum Gasteiger partial charge on any atom is -0.508 e. The number of carbonyl (C=O) groups is 3. The van der Waals surface area contributed by atoms with Gasteiger partial charge in [0, 0.05) is 55.4 Å². The van der Waals surface area contributed by atoms with Crippen LogP contribution in [0.5, 0.6) is 5.75 Å². The van der Waals surface area contributed by atoms with Crippen molar-refractivity contribution in [2.75, 3.05) is 19.0 Å². The number of nitro groups is 1. The number of benzene rings is 2. The number of aromatic hydroxyl groups is 1. The molecule has 202 valence electrons. The standard InChI is InChI=1S/C27H25N3O9/c1-29(2)17-10-15(11-4-3-5-14(7-11)30(38)39)22(32)20-16(17)8-12-6-13-9-18(31)21(26(28)36)25(35)27(13,37)24(34)19(12)23(20)33/h3-5,7,10,12-13,32-33,35,37H,6,8-9H2,1-2H3,(H2,28,36)/t12-,13+,27+/m1/s1. The van der Waals surface area contributed by atoms with Crippen molar-refractivity contribution in [3.63, 3.8) is 0 Å². The Balaban J connectivity index is 1.75. The van der Waals surface area contributed by atoms with Crippen molar-refractivity contribution in [2.45, 2.75) is 24.9 Å². The van der Waals surface area contributed by atoms with E-state index < -0.39 is 69.1 Å². The largest absolute Gasteiger partial charge is 0.508 e. The highest BCUT2D eigenvalue weighted by Gasteiger charge is 2.60. The number of fused-ring (bicyclic) bond motifs is 3. The molecule has 5 rings (SSSR count). The number of Topliss-reactive ketones (excluding diaryl/α,β-unsaturated/α-hetero) is 2. The van der Waals surface area contributed by atoms with Crippen molar-refractivity contribution in [1.82, 2.24) is 0 Å². The van der Waals surface area contributed by atoms with Crippen LogP contribution in [0.15, 0.2) is 47.2 Å². The Morgan fingerprint density at radius 3 is 2.46 bits per heavy atom. The Morgan fingerprint density at radius 2 is 1.85 bits per heavy atom. The highest BCUT2D eigenvalue weighted by molar-refractivity contribution is 6.22. The van der Waals surface area contributed by atoms with E-state index in [0.717, 1.165) is 0 Å². The number of aliphatic hydroxyl groups is 3. The zero-order chi connectivity index (χ0) is 28.5. The summed E-state index contributed by atoms with van der Waals surface area (Å²) in [6.07, 6.45) is -0.243. The fraction of sp³-hybridized carbons (Fsp3) is 0.296. The third kappa shape index (κ3) is 3.59. The summed E-state index contributed by atoms with van der Waals surface area (Å²) >= 11 is 0. The Labute approximate surface area is 221 Å². The number of hydrogen-bond donors (Lipinski definition) is 5. The van der Waals surface area contributed by atoms with Gasteiger partial charge in [0.1, 0.15) is 22.8 Å². The lowest BCUT2D eigenvalue weighted by Gasteiger charge is -2.46. The third-order valence-electron chi connectivity index (χ3n) is 7.89. The molecule has 0 radical (unpaired) electrons. The van der Waals surface area contributed by atoms with Crippen molar-refractivity contribution < 1.29 is 39.7 Å². The molecule has 0 heterocycles. The predicted molar refractivity (Wildman–Crippen MR) is 138 cm³/mol. The van der Waals surface area contributed by atoms with E-state index in [0.29, 0.717) is 16.8 Å². The zero-order valence-corrected chi connectivity index (χ0v) is 21.0. The number of nitro benzene ring substituents is 1. The smallest absolute Gasteiger partial charge is 0.270 e. The topological polar surface area (TPSA) is 205 Å². The SMILES string of the molecule is CN(C)c1cc(-c2cccc([N+](=O)[O-])c2)c(O)c2c1C[C@H]1C[C@H]3CC(=O)C(C(N)=O)=C(O)[C@@]3(O)C(=O)C1=C2O. The summed E-state index contributed by atoms with van der Waals surface area (Å²) in [7, 11) is 3.47. The van der Waals surface area contributed by atoms with Crippen LogP contribution < -0.4 is 10.6 Å². The lowest BCUT2D eigenvalue weighted by atomic mass is 9.59. The lowest BCUT2D eigenvalue weighted by molar-refractivity contribution is -0.384. The van der Waals surface area contributed by atoms with Gasteiger partial charge in [-0.05, 0) is 36.0 Å². The van der Waals surface area contributed by atoms with E-state index in [2.05, 4.69) is 0 Å². The molecule has 12 heteroatoms. The third-order valence-corrected chi connectivity index (χ3v) is 7.89. The van der Waals surface area contributed by atoms with E-state index >= 15 is 0 Å². The van der Waals surface area contributed by atoms with Gasteiger partial charge in [0.2, 0.25) is 5.78 Å². The highest BCUT2D eigenvalue weighted by atomic mass is 16.6. The highest BCUT2D eigenvalue weighted by Crippen LogP contribution is 2.54. The van der Waals surface area contributed by atoms with Gasteiger partial charge in [-0.3, -0.25) is 24.5 Å². The molecule has 3 atom stereocenters. The summed E-state index contributed by atoms with van der Waals surface area (Å²) in [6, 6.07) is 7.19. The maximum atomic E-state index is 13.7. The van der Waals surface area contributed by atoms with Crippen LogP contribution in [0.25, 0.3) is 16.9 Å². The maximum absolute atomic E-state index is 13.7. The summed E-state index contributed by atoms with van der Waals surface area (Å²) in [5.41, 5.74) is 2.66. The van der Waals surface area contributed by atoms with Gasteiger partial charge in [-0.2, -0.15) is 0 Å². The van der Waals surface area contributed by atoms with E-state index in [1.807, 2.05) is 0 Å². The summed E-state index contributed by atoms with van der Waals surface area (Å²) in [5.74, 6) is -7.12. The van der Waals surface area contributed by atoms with Gasteiger partial charge in [0.25, 0.3) is 11.6 Å². The van der Waals surface area contributed by atoms with Crippen LogP contribution in [-0.2, 0) is 20.8 Å². The molecule has 0 saturated heterocycles. The molecule has 2 aromatic rings. The number of phenolic OH excluding ortho intramolecular Hbond substituents is 1. The summed E-state index contributed by atoms with van der Waals surface area (Å²) < 4.78 is 0. The van der Waals surface area contributed by atoms with Crippen LogP contribution >= 0.6 is 0 Å². The number of rotatable bonds is 4. The van der Waals surface area contributed by atoms with Gasteiger partial charge < -0.3 is 31.1 Å². The number of primary amides is 1. The van der Waals surface area contributed by atoms with E-state index in [1.165, 1.54) is 18.2 Å². The molecule has 0 bridgehead atoms. The Hall–Kier alpha value is -4.71. The van der Waals surface area contributed by atoms with Crippen LogP contribution in [0.4, 0.5) is 11.4 Å². The number of nitrogens with zero attached hydrogens (tertiary/aromatic N) is 2. The van der Waals surface area contributed by atoms with Crippen molar-refractivity contribution in [3.05, 3.63) is 68.5 Å². The average Bonchev–Trinajstić information content (AvgIpc) is 2.86. The number of nitrogens with two attached hydrogens (primary N) is 1. The molecular formula is C27H25N3O9. The molecule has 2 aromatic carbocycles. The van der Waals surface area contributed by atoms with Gasteiger partial charge in [-0.25, -0.2) is 0 Å². The van der Waals surface area contributed by atoms with Crippen LogP contribution in [0.1, 0.15) is 24.0 Å². The van der Waals surface area contributed by atoms with Gasteiger partial charge in [-0.1, -0.05) is 12.1 Å². The van der Waals surface area contributed by atoms with E-state index in [1.54, 1.807) is 31.1 Å². The fourth-order valence-electron chi connectivity index (χ4n) is 6.08. The second kappa shape index (κ2) is 8.67. The second-order valence-corrected chi connectivity index (χ2v) is 10.3. The van der Waals surface area contributed by atoms with Gasteiger partial charge in [0.15, 0.2) is 11.4 Å². The summed E-state index contributed by atoms with van der Waals surface area (Å²) in [5, 5.41) is 56.2. The first-order valence-corrected chi connectivity index (χ1v) is 12.1. The Kier molecular flexibility index (Phi) is 5.76. The fourth-order valence-corrected chi connectivity index (χ4v) is 6.08. The minimum atomic E-state index is -2.66. The minimum absolute atomic E-state index is 0.0170. The van der Waals surface area contributed by atoms with Gasteiger partial charge in [-0.15, -0.1) is 0 Å². The first kappa shape index (κ1) is 25.9. The first-order valence-electron chi connectivity index (χ1n) is 12.1. The summed E-state index contributed by atoms with van der Waals surface area (Å²) in [6.45, 7) is 0. The number of hydrogen-bond acceptors (Lipinski definition) is 10. The molecule has 12 nitrogen and oxygen atoms in total. The molecule has 0 spiro atoms. The molecule has 3 aliphatic rings. The zero-order valence-electron chi connectivity index (χ0n) is 21.0. The number of non-ortho nitro benzene ring substituents is 1. The molecule has 0 aromatic heterocycles. The summed E-state index contributed by atoms with van der Waals surface area (Å²) in [4.78, 5) is 50.5. The number of anilines is 1. The van der Waals surface area contributed by atoms with Crippen molar-refractivity contribution >= 4 is 34.6 Å². The van der Waals surface area contributed by atoms with Crippen LogP contribution in [-0.4, -0.2) is 62.5 Å².